The molecule has 140 valence electrons. The summed E-state index contributed by atoms with van der Waals surface area (Å²) in [6.07, 6.45) is 1.91. The summed E-state index contributed by atoms with van der Waals surface area (Å²) in [7, 11) is 0. The van der Waals surface area contributed by atoms with E-state index < -0.39 is 0 Å². The Balaban J connectivity index is 1.54. The first-order valence-corrected chi connectivity index (χ1v) is 9.18. The fourth-order valence-corrected chi connectivity index (χ4v) is 3.91. The predicted octanol–water partition coefficient (Wildman–Crippen LogP) is 1.18. The van der Waals surface area contributed by atoms with Crippen LogP contribution in [0.5, 0.6) is 0 Å². The van der Waals surface area contributed by atoms with Crippen LogP contribution < -0.4 is 0 Å². The molecule has 1 N–H and O–H groups in total. The van der Waals surface area contributed by atoms with Crippen molar-refractivity contribution >= 4 is 5.91 Å². The number of hydrogen-bond acceptors (Lipinski definition) is 6. The number of carbonyl (C=O) groups is 1. The second-order valence-corrected chi connectivity index (χ2v) is 7.45. The smallest absolute Gasteiger partial charge is 0.225 e. The summed E-state index contributed by atoms with van der Waals surface area (Å²) >= 11 is 0. The number of aliphatic hydroxyl groups excluding tert-OH is 1. The maximum absolute atomic E-state index is 12.3. The number of fused-ring (bicyclic) bond motifs is 1. The number of likely N-dealkylation sites (tertiary alicyclic amines) is 1. The van der Waals surface area contributed by atoms with Crippen molar-refractivity contribution in [3.63, 3.8) is 0 Å². The zero-order valence-electron chi connectivity index (χ0n) is 15.2. The molecule has 4 heterocycles. The van der Waals surface area contributed by atoms with Crippen molar-refractivity contribution in [1.82, 2.24) is 24.6 Å². The number of hydrogen-bond donors (Lipinski definition) is 1. The van der Waals surface area contributed by atoms with Gasteiger partial charge >= 0.3 is 0 Å². The summed E-state index contributed by atoms with van der Waals surface area (Å²) in [5.41, 5.74) is 0. The highest BCUT2D eigenvalue weighted by Gasteiger charge is 2.37. The zero-order chi connectivity index (χ0) is 18.3. The van der Waals surface area contributed by atoms with E-state index in [4.69, 9.17) is 4.42 Å². The number of carbonyl (C=O) groups excluding carboxylic acids is 1. The van der Waals surface area contributed by atoms with Gasteiger partial charge in [0.1, 0.15) is 5.76 Å². The van der Waals surface area contributed by atoms with Gasteiger partial charge in [0, 0.05) is 25.6 Å². The molecule has 0 saturated carbocycles. The minimum Gasteiger partial charge on any atom is -0.468 e. The van der Waals surface area contributed by atoms with Crippen LogP contribution in [0.25, 0.3) is 0 Å². The van der Waals surface area contributed by atoms with E-state index in [2.05, 4.69) is 19.7 Å². The fraction of sp³-hybridized carbons (Fsp3) is 0.611. The minimum absolute atomic E-state index is 0.00343. The fourth-order valence-electron chi connectivity index (χ4n) is 3.91. The van der Waals surface area contributed by atoms with Gasteiger partial charge in [0.2, 0.25) is 5.91 Å². The number of β-amino-alcohol motifs (C(OH)–C–C–N with tert-alkyl or cyclic N) is 1. The van der Waals surface area contributed by atoms with Gasteiger partial charge in [-0.3, -0.25) is 9.69 Å². The summed E-state index contributed by atoms with van der Waals surface area (Å²) in [6.45, 7) is 6.91. The Morgan fingerprint density at radius 1 is 1.38 bits per heavy atom. The maximum Gasteiger partial charge on any atom is 0.225 e. The largest absolute Gasteiger partial charge is 0.468 e. The second kappa shape index (κ2) is 6.85. The highest BCUT2D eigenvalue weighted by Crippen LogP contribution is 2.33. The molecular formula is C18H25N5O3. The van der Waals surface area contributed by atoms with Crippen molar-refractivity contribution in [2.75, 3.05) is 13.1 Å². The molecule has 8 heteroatoms. The molecule has 4 rings (SSSR count). The van der Waals surface area contributed by atoms with Gasteiger partial charge in [0.15, 0.2) is 11.6 Å². The van der Waals surface area contributed by atoms with Crippen molar-refractivity contribution in [3.8, 4) is 0 Å². The Morgan fingerprint density at radius 3 is 2.96 bits per heavy atom. The molecule has 0 unspecified atom stereocenters. The van der Waals surface area contributed by atoms with E-state index >= 15 is 0 Å². The summed E-state index contributed by atoms with van der Waals surface area (Å²) in [4.78, 5) is 16.3. The summed E-state index contributed by atoms with van der Waals surface area (Å²) in [6, 6.07) is 3.82. The highest BCUT2D eigenvalue weighted by atomic mass is 16.3. The van der Waals surface area contributed by atoms with Crippen LogP contribution in [0.1, 0.15) is 43.7 Å². The molecule has 0 bridgehead atoms. The zero-order valence-corrected chi connectivity index (χ0v) is 15.2. The van der Waals surface area contributed by atoms with Crippen molar-refractivity contribution in [3.05, 3.63) is 35.8 Å². The Hall–Kier alpha value is -2.19. The van der Waals surface area contributed by atoms with Crippen molar-refractivity contribution in [2.45, 2.75) is 52.0 Å². The third-order valence-electron chi connectivity index (χ3n) is 5.21. The quantitative estimate of drug-likeness (QED) is 0.882. The number of furan rings is 1. The van der Waals surface area contributed by atoms with Crippen LogP contribution in [-0.4, -0.2) is 54.8 Å². The van der Waals surface area contributed by atoms with Crippen LogP contribution >= 0.6 is 0 Å². The molecule has 0 radical (unpaired) electrons. The first-order chi connectivity index (χ1) is 12.5. The van der Waals surface area contributed by atoms with Gasteiger partial charge in [-0.05, 0) is 18.6 Å². The van der Waals surface area contributed by atoms with Crippen LogP contribution in [0.3, 0.4) is 0 Å². The Morgan fingerprint density at radius 2 is 2.23 bits per heavy atom. The molecule has 2 aromatic rings. The van der Waals surface area contributed by atoms with E-state index in [0.29, 0.717) is 39.1 Å². The van der Waals surface area contributed by atoms with E-state index in [1.54, 1.807) is 6.26 Å². The monoisotopic (exact) mass is 359 g/mol. The van der Waals surface area contributed by atoms with Gasteiger partial charge in [0.05, 0.1) is 31.5 Å². The van der Waals surface area contributed by atoms with Crippen LogP contribution in [0.4, 0.5) is 0 Å². The molecule has 2 aliphatic heterocycles. The number of aromatic nitrogens is 3. The molecule has 0 aromatic carbocycles. The van der Waals surface area contributed by atoms with Gasteiger partial charge in [0.25, 0.3) is 0 Å². The topological polar surface area (TPSA) is 87.6 Å². The third-order valence-corrected chi connectivity index (χ3v) is 5.21. The Bertz CT molecular complexity index is 770. The lowest BCUT2D eigenvalue weighted by Crippen LogP contribution is -2.41. The predicted molar refractivity (Wildman–Crippen MR) is 92.8 cm³/mol. The standard InChI is InChI=1S/C18H25N5O3/c1-12(2)18(25)21-5-6-23-16(11-21)19-20-17(23)15-8-13(24)9-22(15)10-14-4-3-7-26-14/h3-4,7,12-13,15,24H,5-6,8-11H2,1-2H3/t13-,15-/m0/s1. The average molecular weight is 359 g/mol. The summed E-state index contributed by atoms with van der Waals surface area (Å²) in [5, 5.41) is 19.0. The van der Waals surface area contributed by atoms with E-state index in [1.807, 2.05) is 30.9 Å². The number of nitrogens with zero attached hydrogens (tertiary/aromatic N) is 5. The third kappa shape index (κ3) is 3.14. The number of aliphatic hydroxyl groups is 1. The minimum atomic E-state index is -0.384. The van der Waals surface area contributed by atoms with E-state index in [0.717, 1.165) is 17.4 Å². The van der Waals surface area contributed by atoms with E-state index in [9.17, 15) is 9.90 Å². The van der Waals surface area contributed by atoms with Crippen molar-refractivity contribution < 1.29 is 14.3 Å². The SMILES string of the molecule is CC(C)C(=O)N1CCn2c(nnc2[C@@H]2C[C@H](O)CN2Cc2ccco2)C1. The second-order valence-electron chi connectivity index (χ2n) is 7.45. The lowest BCUT2D eigenvalue weighted by Gasteiger charge is -2.30. The first kappa shape index (κ1) is 17.2. The van der Waals surface area contributed by atoms with Crippen LogP contribution in [0.2, 0.25) is 0 Å². The summed E-state index contributed by atoms with van der Waals surface area (Å²) in [5.74, 6) is 2.70. The van der Waals surface area contributed by atoms with Crippen molar-refractivity contribution in [1.29, 1.82) is 0 Å². The average Bonchev–Trinajstić information content (AvgIpc) is 3.34. The van der Waals surface area contributed by atoms with Gasteiger partial charge < -0.3 is 19.0 Å². The van der Waals surface area contributed by atoms with Gasteiger partial charge in [-0.1, -0.05) is 13.8 Å². The molecule has 1 amide bonds. The summed E-state index contributed by atoms with van der Waals surface area (Å²) < 4.78 is 7.57. The first-order valence-electron chi connectivity index (χ1n) is 9.18. The van der Waals surface area contributed by atoms with Gasteiger partial charge in [-0.25, -0.2) is 0 Å². The molecule has 0 aliphatic carbocycles. The van der Waals surface area contributed by atoms with Crippen LogP contribution in [-0.2, 0) is 24.4 Å². The number of amides is 1. The highest BCUT2D eigenvalue weighted by molar-refractivity contribution is 5.78. The lowest BCUT2D eigenvalue weighted by molar-refractivity contribution is -0.136. The van der Waals surface area contributed by atoms with Gasteiger partial charge in [-0.2, -0.15) is 0 Å². The van der Waals surface area contributed by atoms with Crippen LogP contribution in [0.15, 0.2) is 22.8 Å². The molecular weight excluding hydrogens is 334 g/mol. The van der Waals surface area contributed by atoms with Crippen LogP contribution in [0, 0.1) is 5.92 Å². The maximum atomic E-state index is 12.3. The normalized spacial score (nSPS) is 23.6. The number of rotatable bonds is 4. The lowest BCUT2D eigenvalue weighted by atomic mass is 10.1. The molecule has 2 aliphatic rings. The van der Waals surface area contributed by atoms with E-state index in [1.165, 1.54) is 0 Å². The van der Waals surface area contributed by atoms with Crippen molar-refractivity contribution in [2.24, 2.45) is 5.92 Å². The molecule has 1 saturated heterocycles. The molecule has 26 heavy (non-hydrogen) atoms. The Kier molecular flexibility index (Phi) is 4.54. The molecule has 2 aromatic heterocycles. The molecule has 8 nitrogen and oxygen atoms in total. The van der Waals surface area contributed by atoms with E-state index in [-0.39, 0.29) is 24.0 Å². The molecule has 2 atom stereocenters. The van der Waals surface area contributed by atoms with Gasteiger partial charge in [-0.15, -0.1) is 10.2 Å². The molecule has 0 spiro atoms. The Labute approximate surface area is 152 Å². The molecule has 1 fully saturated rings.